The van der Waals surface area contributed by atoms with E-state index in [9.17, 15) is 0 Å². The molecule has 0 radical (unpaired) electrons. The first kappa shape index (κ1) is 21.8. The average Bonchev–Trinajstić information content (AvgIpc) is 2.85. The number of hydrogen-bond acceptors (Lipinski definition) is 3. The predicted molar refractivity (Wildman–Crippen MR) is 138 cm³/mol. The Balaban J connectivity index is 1.58. The van der Waals surface area contributed by atoms with E-state index in [-0.39, 0.29) is 0 Å². The Kier molecular flexibility index (Phi) is 6.26. The van der Waals surface area contributed by atoms with Crippen LogP contribution in [0.2, 0.25) is 0 Å². The van der Waals surface area contributed by atoms with Crippen molar-refractivity contribution in [3.05, 3.63) is 89.1 Å². The standard InChI is InChI=1S/C30H32N2O/c1-4-24-7-5-6-8-26(24)27-13-14-31-28-19-21(2)29(22(3)30(27)28)25-11-9-23(10-12-25)20-32-15-17-33-18-16-32/h5-14,19H,4,15-18,20H2,1-3H3. The van der Waals surface area contributed by atoms with E-state index in [1.54, 1.807) is 0 Å². The van der Waals surface area contributed by atoms with Gasteiger partial charge in [-0.2, -0.15) is 0 Å². The van der Waals surface area contributed by atoms with Crippen LogP contribution in [-0.2, 0) is 17.7 Å². The summed E-state index contributed by atoms with van der Waals surface area (Å²) >= 11 is 0. The fourth-order valence-corrected chi connectivity index (χ4v) is 5.23. The molecule has 3 aromatic carbocycles. The average molecular weight is 437 g/mol. The molecule has 0 spiro atoms. The molecule has 0 atom stereocenters. The fraction of sp³-hybridized carbons (Fsp3) is 0.300. The lowest BCUT2D eigenvalue weighted by atomic mass is 9.88. The number of morpholine rings is 1. The van der Waals surface area contributed by atoms with Crippen LogP contribution in [0.4, 0.5) is 0 Å². The van der Waals surface area contributed by atoms with Crippen molar-refractivity contribution in [3.63, 3.8) is 0 Å². The van der Waals surface area contributed by atoms with Crippen LogP contribution in [0.1, 0.15) is 29.2 Å². The van der Waals surface area contributed by atoms with Gasteiger partial charge in [0, 0.05) is 31.2 Å². The largest absolute Gasteiger partial charge is 0.379 e. The van der Waals surface area contributed by atoms with Crippen molar-refractivity contribution in [1.29, 1.82) is 0 Å². The van der Waals surface area contributed by atoms with E-state index in [4.69, 9.17) is 9.72 Å². The van der Waals surface area contributed by atoms with Crippen LogP contribution >= 0.6 is 0 Å². The van der Waals surface area contributed by atoms with Gasteiger partial charge in [0.25, 0.3) is 0 Å². The molecule has 0 bridgehead atoms. The van der Waals surface area contributed by atoms with Crippen molar-refractivity contribution in [3.8, 4) is 22.3 Å². The minimum Gasteiger partial charge on any atom is -0.379 e. The van der Waals surface area contributed by atoms with Crippen LogP contribution in [-0.4, -0.2) is 36.2 Å². The van der Waals surface area contributed by atoms with Gasteiger partial charge in [-0.25, -0.2) is 0 Å². The van der Waals surface area contributed by atoms with Crippen molar-refractivity contribution in [2.75, 3.05) is 26.3 Å². The van der Waals surface area contributed by atoms with E-state index in [0.29, 0.717) is 0 Å². The topological polar surface area (TPSA) is 25.4 Å². The van der Waals surface area contributed by atoms with Gasteiger partial charge in [-0.1, -0.05) is 55.5 Å². The fourth-order valence-electron chi connectivity index (χ4n) is 5.23. The Hall–Kier alpha value is -3.01. The van der Waals surface area contributed by atoms with Gasteiger partial charge in [-0.05, 0) is 76.9 Å². The van der Waals surface area contributed by atoms with Crippen LogP contribution in [0.3, 0.4) is 0 Å². The maximum absolute atomic E-state index is 5.49. The lowest BCUT2D eigenvalue weighted by Gasteiger charge is -2.26. The number of ether oxygens (including phenoxy) is 1. The van der Waals surface area contributed by atoms with Gasteiger partial charge in [0.1, 0.15) is 0 Å². The molecule has 0 aliphatic carbocycles. The lowest BCUT2D eigenvalue weighted by molar-refractivity contribution is 0.0342. The Morgan fingerprint density at radius 3 is 2.42 bits per heavy atom. The maximum Gasteiger partial charge on any atom is 0.0713 e. The van der Waals surface area contributed by atoms with Gasteiger partial charge < -0.3 is 4.74 Å². The normalized spacial score (nSPS) is 14.6. The summed E-state index contributed by atoms with van der Waals surface area (Å²) in [6, 6.07) is 22.3. The van der Waals surface area contributed by atoms with Crippen LogP contribution in [0, 0.1) is 13.8 Å². The van der Waals surface area contributed by atoms with Crippen molar-refractivity contribution in [2.24, 2.45) is 0 Å². The summed E-state index contributed by atoms with van der Waals surface area (Å²) in [4.78, 5) is 7.21. The summed E-state index contributed by atoms with van der Waals surface area (Å²) < 4.78 is 5.49. The molecule has 5 rings (SSSR count). The Bertz CT molecular complexity index is 1270. The molecule has 1 aliphatic rings. The number of pyridine rings is 1. The molecule has 2 heterocycles. The summed E-state index contributed by atoms with van der Waals surface area (Å²) in [5.74, 6) is 0. The van der Waals surface area contributed by atoms with E-state index in [2.05, 4.69) is 86.3 Å². The predicted octanol–water partition coefficient (Wildman–Crippen LogP) is 6.58. The Morgan fingerprint density at radius 2 is 1.67 bits per heavy atom. The van der Waals surface area contributed by atoms with E-state index in [1.165, 1.54) is 49.9 Å². The molecule has 168 valence electrons. The minimum atomic E-state index is 0.838. The smallest absolute Gasteiger partial charge is 0.0713 e. The minimum absolute atomic E-state index is 0.838. The number of fused-ring (bicyclic) bond motifs is 1. The quantitative estimate of drug-likeness (QED) is 0.353. The molecule has 0 N–H and O–H groups in total. The molecule has 1 aliphatic heterocycles. The van der Waals surface area contributed by atoms with Gasteiger partial charge in [0.15, 0.2) is 0 Å². The van der Waals surface area contributed by atoms with E-state index >= 15 is 0 Å². The van der Waals surface area contributed by atoms with Crippen LogP contribution < -0.4 is 0 Å². The van der Waals surface area contributed by atoms with Crippen LogP contribution in [0.15, 0.2) is 66.9 Å². The molecular weight excluding hydrogens is 404 g/mol. The third-order valence-corrected chi connectivity index (χ3v) is 6.92. The number of benzene rings is 3. The number of aryl methyl sites for hydroxylation is 3. The van der Waals surface area contributed by atoms with Crippen molar-refractivity contribution in [1.82, 2.24) is 9.88 Å². The number of aromatic nitrogens is 1. The molecule has 3 nitrogen and oxygen atoms in total. The first-order valence-corrected chi connectivity index (χ1v) is 12.0. The van der Waals surface area contributed by atoms with Gasteiger partial charge in [0.2, 0.25) is 0 Å². The highest BCUT2D eigenvalue weighted by molar-refractivity contribution is 6.01. The van der Waals surface area contributed by atoms with Gasteiger partial charge in [-0.3, -0.25) is 9.88 Å². The molecule has 1 fully saturated rings. The Morgan fingerprint density at radius 1 is 0.909 bits per heavy atom. The van der Waals surface area contributed by atoms with E-state index in [1.807, 2.05) is 6.20 Å². The summed E-state index contributed by atoms with van der Waals surface area (Å²) in [5, 5.41) is 1.26. The zero-order valence-electron chi connectivity index (χ0n) is 19.9. The molecule has 0 amide bonds. The summed E-state index contributed by atoms with van der Waals surface area (Å²) in [6.45, 7) is 11.4. The highest BCUT2D eigenvalue weighted by Crippen LogP contribution is 2.38. The summed E-state index contributed by atoms with van der Waals surface area (Å²) in [7, 11) is 0. The van der Waals surface area contributed by atoms with Gasteiger partial charge in [-0.15, -0.1) is 0 Å². The molecule has 0 unspecified atom stereocenters. The molecule has 1 saturated heterocycles. The van der Waals surface area contributed by atoms with Crippen molar-refractivity contribution in [2.45, 2.75) is 33.7 Å². The number of hydrogen-bond donors (Lipinski definition) is 0. The molecule has 3 heteroatoms. The highest BCUT2D eigenvalue weighted by atomic mass is 16.5. The SMILES string of the molecule is CCc1ccccc1-c1ccnc2cc(C)c(-c3ccc(CN4CCOCC4)cc3)c(C)c12. The highest BCUT2D eigenvalue weighted by Gasteiger charge is 2.16. The summed E-state index contributed by atoms with van der Waals surface area (Å²) in [5.41, 5.74) is 11.6. The Labute approximate surface area is 197 Å². The van der Waals surface area contributed by atoms with Crippen LogP contribution in [0.25, 0.3) is 33.2 Å². The van der Waals surface area contributed by atoms with Gasteiger partial charge in [0.05, 0.1) is 18.7 Å². The zero-order valence-corrected chi connectivity index (χ0v) is 19.9. The molecule has 4 aromatic rings. The molecular formula is C30H32N2O. The number of rotatable bonds is 5. The molecule has 1 aromatic heterocycles. The first-order chi connectivity index (χ1) is 16.2. The van der Waals surface area contributed by atoms with Crippen LogP contribution in [0.5, 0.6) is 0 Å². The zero-order chi connectivity index (χ0) is 22.8. The molecule has 33 heavy (non-hydrogen) atoms. The maximum atomic E-state index is 5.49. The molecule has 0 saturated carbocycles. The lowest BCUT2D eigenvalue weighted by Crippen LogP contribution is -2.35. The first-order valence-electron chi connectivity index (χ1n) is 12.0. The number of nitrogens with zero attached hydrogens (tertiary/aromatic N) is 2. The van der Waals surface area contributed by atoms with E-state index < -0.39 is 0 Å². The summed E-state index contributed by atoms with van der Waals surface area (Å²) in [6.07, 6.45) is 2.96. The second-order valence-corrected chi connectivity index (χ2v) is 9.04. The second kappa shape index (κ2) is 9.46. The monoisotopic (exact) mass is 436 g/mol. The van der Waals surface area contributed by atoms with E-state index in [0.717, 1.165) is 44.8 Å². The third kappa shape index (κ3) is 4.31. The third-order valence-electron chi connectivity index (χ3n) is 6.92. The second-order valence-electron chi connectivity index (χ2n) is 9.04. The van der Waals surface area contributed by atoms with Crippen molar-refractivity contribution >= 4 is 10.9 Å². The van der Waals surface area contributed by atoms with Crippen molar-refractivity contribution < 1.29 is 4.74 Å². The van der Waals surface area contributed by atoms with Gasteiger partial charge >= 0.3 is 0 Å².